The number of hydrogen-bond donors (Lipinski definition) is 1. The van der Waals surface area contributed by atoms with Gasteiger partial charge in [0.15, 0.2) is 4.96 Å². The molecule has 1 N–H and O–H groups in total. The summed E-state index contributed by atoms with van der Waals surface area (Å²) in [4.78, 5) is 7.00. The number of hydrogen-bond acceptors (Lipinski definition) is 6. The van der Waals surface area contributed by atoms with Crippen LogP contribution in [0, 0.1) is 0 Å². The zero-order valence-corrected chi connectivity index (χ0v) is 13.9. The molecule has 0 aliphatic heterocycles. The highest BCUT2D eigenvalue weighted by Gasteiger charge is 2.20. The van der Waals surface area contributed by atoms with E-state index in [2.05, 4.69) is 55.9 Å². The van der Waals surface area contributed by atoms with Crippen molar-refractivity contribution in [3.8, 4) is 0 Å². The first-order valence-corrected chi connectivity index (χ1v) is 8.92. The van der Waals surface area contributed by atoms with Crippen molar-refractivity contribution in [2.24, 2.45) is 0 Å². The summed E-state index contributed by atoms with van der Waals surface area (Å²) in [6.07, 6.45) is 7.13. The second-order valence-electron chi connectivity index (χ2n) is 4.97. The summed E-state index contributed by atoms with van der Waals surface area (Å²) in [5, 5.41) is 9.90. The molecule has 1 unspecified atom stereocenters. The van der Waals surface area contributed by atoms with Crippen LogP contribution in [0.25, 0.3) is 4.96 Å². The number of aryl methyl sites for hydroxylation is 1. The number of nitrogens with zero attached hydrogens (tertiary/aromatic N) is 4. The molecule has 0 aliphatic rings. The minimum atomic E-state index is 0.251. The lowest BCUT2D eigenvalue weighted by Gasteiger charge is -2.15. The van der Waals surface area contributed by atoms with E-state index in [4.69, 9.17) is 0 Å². The van der Waals surface area contributed by atoms with Crippen LogP contribution in [0.2, 0.25) is 0 Å². The Morgan fingerprint density at radius 3 is 3.05 bits per heavy atom. The smallest absolute Gasteiger partial charge is 0.193 e. The number of likely N-dealkylation sites (N-methyl/N-ethyl adjacent to an activating group) is 1. The molecule has 0 spiro atoms. The normalized spacial score (nSPS) is 13.0. The van der Waals surface area contributed by atoms with Crippen molar-refractivity contribution in [3.63, 3.8) is 0 Å². The number of rotatable bonds is 7. The molecule has 3 aromatic rings. The topological polar surface area (TPSA) is 55.1 Å². The monoisotopic (exact) mass is 321 g/mol. The Balaban J connectivity index is 1.83. The average molecular weight is 321 g/mol. The van der Waals surface area contributed by atoms with Crippen LogP contribution in [0.4, 0.5) is 0 Å². The average Bonchev–Trinajstić information content (AvgIpc) is 3.13. The maximum absolute atomic E-state index is 4.69. The summed E-state index contributed by atoms with van der Waals surface area (Å²) in [6.45, 7) is 5.23. The number of nitrogens with one attached hydrogen (secondary N) is 1. The molecular weight excluding hydrogens is 302 g/mol. The van der Waals surface area contributed by atoms with E-state index in [0.29, 0.717) is 0 Å². The van der Waals surface area contributed by atoms with Crippen molar-refractivity contribution in [1.29, 1.82) is 0 Å². The van der Waals surface area contributed by atoms with Crippen LogP contribution >= 0.6 is 22.9 Å². The molecule has 0 saturated heterocycles. The van der Waals surface area contributed by atoms with E-state index in [1.165, 1.54) is 16.4 Å². The molecule has 0 aliphatic carbocycles. The molecule has 112 valence electrons. The third-order valence-corrected chi connectivity index (χ3v) is 5.05. The zero-order valence-electron chi connectivity index (χ0n) is 12.2. The summed E-state index contributed by atoms with van der Waals surface area (Å²) in [5.41, 5.74) is 2.25. The fraction of sp³-hybridized carbons (Fsp3) is 0.500. The molecule has 0 amide bonds. The molecule has 1 atom stereocenters. The van der Waals surface area contributed by atoms with Gasteiger partial charge in [-0.2, -0.15) is 0 Å². The third-order valence-electron chi connectivity index (χ3n) is 3.40. The lowest BCUT2D eigenvalue weighted by Crippen LogP contribution is -2.23. The van der Waals surface area contributed by atoms with E-state index in [1.54, 1.807) is 11.3 Å². The van der Waals surface area contributed by atoms with Gasteiger partial charge in [-0.05, 0) is 24.5 Å². The molecule has 0 saturated carbocycles. The minimum absolute atomic E-state index is 0.251. The van der Waals surface area contributed by atoms with Gasteiger partial charge in [-0.25, -0.2) is 4.98 Å². The fourth-order valence-electron chi connectivity index (χ4n) is 2.48. The maximum Gasteiger partial charge on any atom is 0.193 e. The Morgan fingerprint density at radius 2 is 2.29 bits per heavy atom. The van der Waals surface area contributed by atoms with E-state index >= 15 is 0 Å². The quantitative estimate of drug-likeness (QED) is 0.726. The molecule has 0 fully saturated rings. The largest absolute Gasteiger partial charge is 0.309 e. The molecule has 3 heterocycles. The van der Waals surface area contributed by atoms with Crippen molar-refractivity contribution in [2.45, 2.75) is 39.2 Å². The Morgan fingerprint density at radius 1 is 1.38 bits per heavy atom. The molecule has 3 aromatic heterocycles. The van der Waals surface area contributed by atoms with Crippen LogP contribution < -0.4 is 5.32 Å². The Bertz CT molecular complexity index is 670. The summed E-state index contributed by atoms with van der Waals surface area (Å²) >= 11 is 3.18. The standard InChI is InChI=1S/C14H19N5S2/c1-3-5-11-13(21-18-17-11)12(15-4-2)8-10-9-19-6-7-20-14(19)16-10/h6-7,9,12,15H,3-5,8H2,1-2H3. The third kappa shape index (κ3) is 3.14. The van der Waals surface area contributed by atoms with Gasteiger partial charge in [0.05, 0.1) is 22.3 Å². The van der Waals surface area contributed by atoms with Crippen LogP contribution in [-0.2, 0) is 12.8 Å². The van der Waals surface area contributed by atoms with Crippen molar-refractivity contribution in [3.05, 3.63) is 34.0 Å². The van der Waals surface area contributed by atoms with E-state index in [1.807, 2.05) is 0 Å². The van der Waals surface area contributed by atoms with Gasteiger partial charge in [-0.1, -0.05) is 24.8 Å². The van der Waals surface area contributed by atoms with Crippen molar-refractivity contribution in [1.82, 2.24) is 24.3 Å². The first-order chi connectivity index (χ1) is 10.3. The fourth-order valence-corrected chi connectivity index (χ4v) is 3.97. The lowest BCUT2D eigenvalue weighted by atomic mass is 10.1. The van der Waals surface area contributed by atoms with Crippen molar-refractivity contribution in [2.75, 3.05) is 6.54 Å². The van der Waals surface area contributed by atoms with Gasteiger partial charge in [0.25, 0.3) is 0 Å². The van der Waals surface area contributed by atoms with E-state index < -0.39 is 0 Å². The molecule has 21 heavy (non-hydrogen) atoms. The van der Waals surface area contributed by atoms with Gasteiger partial charge >= 0.3 is 0 Å². The van der Waals surface area contributed by atoms with Crippen LogP contribution in [0.15, 0.2) is 17.8 Å². The minimum Gasteiger partial charge on any atom is -0.309 e. The molecule has 0 aromatic carbocycles. The summed E-state index contributed by atoms with van der Waals surface area (Å²) < 4.78 is 6.23. The molecule has 5 nitrogen and oxygen atoms in total. The predicted octanol–water partition coefficient (Wildman–Crippen LogP) is 3.09. The Kier molecular flexibility index (Phi) is 4.62. The zero-order chi connectivity index (χ0) is 14.7. The van der Waals surface area contributed by atoms with Crippen LogP contribution in [0.1, 0.15) is 42.6 Å². The lowest BCUT2D eigenvalue weighted by molar-refractivity contribution is 0.547. The van der Waals surface area contributed by atoms with Gasteiger partial charge in [0.2, 0.25) is 0 Å². The SMILES string of the molecule is CCCc1nnsc1C(Cc1cn2ccsc2n1)NCC. The van der Waals surface area contributed by atoms with Crippen LogP contribution in [0.3, 0.4) is 0 Å². The number of thiazole rings is 1. The first-order valence-electron chi connectivity index (χ1n) is 7.27. The van der Waals surface area contributed by atoms with E-state index in [-0.39, 0.29) is 6.04 Å². The van der Waals surface area contributed by atoms with Crippen LogP contribution in [0.5, 0.6) is 0 Å². The van der Waals surface area contributed by atoms with Gasteiger partial charge in [-0.3, -0.25) is 4.40 Å². The predicted molar refractivity (Wildman–Crippen MR) is 87.1 cm³/mol. The van der Waals surface area contributed by atoms with E-state index in [9.17, 15) is 0 Å². The van der Waals surface area contributed by atoms with Gasteiger partial charge in [-0.15, -0.1) is 16.4 Å². The van der Waals surface area contributed by atoms with Crippen LogP contribution in [-0.4, -0.2) is 25.5 Å². The number of fused-ring (bicyclic) bond motifs is 1. The number of aromatic nitrogens is 4. The molecule has 0 radical (unpaired) electrons. The second-order valence-corrected chi connectivity index (χ2v) is 6.63. The highest BCUT2D eigenvalue weighted by atomic mass is 32.1. The first kappa shape index (κ1) is 14.6. The summed E-state index contributed by atoms with van der Waals surface area (Å²) in [5.74, 6) is 0. The number of imidazole rings is 1. The molecule has 7 heteroatoms. The summed E-state index contributed by atoms with van der Waals surface area (Å²) in [6, 6.07) is 0.251. The van der Waals surface area contributed by atoms with Crippen molar-refractivity contribution >= 4 is 27.8 Å². The molecular formula is C14H19N5S2. The molecule has 3 rings (SSSR count). The van der Waals surface area contributed by atoms with Gasteiger partial charge < -0.3 is 5.32 Å². The van der Waals surface area contributed by atoms with Gasteiger partial charge in [0.1, 0.15) is 0 Å². The van der Waals surface area contributed by atoms with Crippen molar-refractivity contribution < 1.29 is 0 Å². The van der Waals surface area contributed by atoms with Gasteiger partial charge in [0, 0.05) is 24.2 Å². The molecule has 0 bridgehead atoms. The second kappa shape index (κ2) is 6.64. The Hall–Kier alpha value is -1.31. The highest BCUT2D eigenvalue weighted by molar-refractivity contribution is 7.15. The highest BCUT2D eigenvalue weighted by Crippen LogP contribution is 2.25. The summed E-state index contributed by atoms with van der Waals surface area (Å²) in [7, 11) is 0. The maximum atomic E-state index is 4.69. The van der Waals surface area contributed by atoms with E-state index in [0.717, 1.165) is 42.2 Å². The Labute approximate surface area is 132 Å².